The second-order valence-corrected chi connectivity index (χ2v) is 4.34. The van der Waals surface area contributed by atoms with E-state index in [1.54, 1.807) is 13.0 Å². The lowest BCUT2D eigenvalue weighted by Gasteiger charge is -2.05. The SMILES string of the molecule is CCOC(=O)CSc1ccc(N)c(CC#N)c1. The zero-order chi connectivity index (χ0) is 12.7. The lowest BCUT2D eigenvalue weighted by molar-refractivity contribution is -0.139. The first kappa shape index (κ1) is 13.4. The van der Waals surface area contributed by atoms with Gasteiger partial charge in [0.1, 0.15) is 0 Å². The summed E-state index contributed by atoms with van der Waals surface area (Å²) in [5, 5.41) is 8.64. The highest BCUT2D eigenvalue weighted by atomic mass is 32.2. The molecule has 0 aliphatic rings. The summed E-state index contributed by atoms with van der Waals surface area (Å²) in [5.74, 6) is 0.0279. The van der Waals surface area contributed by atoms with Crippen LogP contribution in [0.25, 0.3) is 0 Å². The second kappa shape index (κ2) is 6.81. The molecule has 5 heteroatoms. The van der Waals surface area contributed by atoms with E-state index in [0.717, 1.165) is 10.5 Å². The van der Waals surface area contributed by atoms with Crippen molar-refractivity contribution in [3.05, 3.63) is 23.8 Å². The van der Waals surface area contributed by atoms with E-state index in [4.69, 9.17) is 15.7 Å². The second-order valence-electron chi connectivity index (χ2n) is 3.29. The highest BCUT2D eigenvalue weighted by molar-refractivity contribution is 8.00. The number of rotatable bonds is 5. The number of thioether (sulfide) groups is 1. The molecule has 90 valence electrons. The number of carbonyl (C=O) groups is 1. The highest BCUT2D eigenvalue weighted by Gasteiger charge is 2.05. The molecule has 0 amide bonds. The van der Waals surface area contributed by atoms with Gasteiger partial charge in [0.15, 0.2) is 0 Å². The van der Waals surface area contributed by atoms with Gasteiger partial charge in [0.05, 0.1) is 24.8 Å². The van der Waals surface area contributed by atoms with Crippen LogP contribution in [-0.2, 0) is 16.0 Å². The van der Waals surface area contributed by atoms with Gasteiger partial charge in [0.2, 0.25) is 0 Å². The van der Waals surface area contributed by atoms with Gasteiger partial charge in [0, 0.05) is 10.6 Å². The number of nitrogens with two attached hydrogens (primary N) is 1. The number of nitrogen functional groups attached to an aromatic ring is 1. The number of benzene rings is 1. The van der Waals surface area contributed by atoms with Crippen LogP contribution in [-0.4, -0.2) is 18.3 Å². The van der Waals surface area contributed by atoms with E-state index in [9.17, 15) is 4.79 Å². The average molecular weight is 250 g/mol. The van der Waals surface area contributed by atoms with E-state index in [-0.39, 0.29) is 18.1 Å². The first-order chi connectivity index (χ1) is 8.17. The van der Waals surface area contributed by atoms with Crippen molar-refractivity contribution < 1.29 is 9.53 Å². The van der Waals surface area contributed by atoms with E-state index in [1.165, 1.54) is 11.8 Å². The molecule has 0 heterocycles. The molecule has 0 aromatic heterocycles. The van der Waals surface area contributed by atoms with Crippen LogP contribution in [0.2, 0.25) is 0 Å². The summed E-state index contributed by atoms with van der Waals surface area (Å²) < 4.78 is 4.83. The van der Waals surface area contributed by atoms with E-state index in [0.29, 0.717) is 12.3 Å². The molecule has 1 aromatic rings. The Bertz CT molecular complexity index is 441. The van der Waals surface area contributed by atoms with Crippen LogP contribution in [0.15, 0.2) is 23.1 Å². The molecule has 4 nitrogen and oxygen atoms in total. The van der Waals surface area contributed by atoms with Gasteiger partial charge in [-0.1, -0.05) is 0 Å². The molecule has 0 radical (unpaired) electrons. The summed E-state index contributed by atoms with van der Waals surface area (Å²) in [5.41, 5.74) is 7.12. The Hall–Kier alpha value is -1.67. The fourth-order valence-corrected chi connectivity index (χ4v) is 2.01. The van der Waals surface area contributed by atoms with Crippen molar-refractivity contribution in [2.45, 2.75) is 18.2 Å². The van der Waals surface area contributed by atoms with Crippen molar-refractivity contribution in [1.29, 1.82) is 5.26 Å². The average Bonchev–Trinajstić information content (AvgIpc) is 2.31. The topological polar surface area (TPSA) is 76.1 Å². The van der Waals surface area contributed by atoms with Crippen molar-refractivity contribution in [2.24, 2.45) is 0 Å². The van der Waals surface area contributed by atoms with Crippen LogP contribution < -0.4 is 5.73 Å². The zero-order valence-corrected chi connectivity index (χ0v) is 10.4. The fourth-order valence-electron chi connectivity index (χ4n) is 1.26. The smallest absolute Gasteiger partial charge is 0.316 e. The third-order valence-electron chi connectivity index (χ3n) is 2.05. The maximum absolute atomic E-state index is 11.2. The van der Waals surface area contributed by atoms with Gasteiger partial charge in [-0.15, -0.1) is 11.8 Å². The van der Waals surface area contributed by atoms with Gasteiger partial charge in [-0.25, -0.2) is 0 Å². The van der Waals surface area contributed by atoms with Crippen LogP contribution in [0.1, 0.15) is 12.5 Å². The summed E-state index contributed by atoms with van der Waals surface area (Å²) >= 11 is 1.38. The molecule has 1 aromatic carbocycles. The maximum Gasteiger partial charge on any atom is 0.316 e. The van der Waals surface area contributed by atoms with E-state index >= 15 is 0 Å². The molecule has 0 aliphatic carbocycles. The fraction of sp³-hybridized carbons (Fsp3) is 0.333. The van der Waals surface area contributed by atoms with Crippen molar-refractivity contribution in [3.63, 3.8) is 0 Å². The summed E-state index contributed by atoms with van der Waals surface area (Å²) in [4.78, 5) is 12.1. The van der Waals surface area contributed by atoms with Crippen molar-refractivity contribution in [3.8, 4) is 6.07 Å². The van der Waals surface area contributed by atoms with Gasteiger partial charge in [-0.3, -0.25) is 4.79 Å². The summed E-state index contributed by atoms with van der Waals surface area (Å²) in [7, 11) is 0. The Morgan fingerprint density at radius 3 is 3.00 bits per heavy atom. The van der Waals surface area contributed by atoms with Gasteiger partial charge < -0.3 is 10.5 Å². The number of hydrogen-bond acceptors (Lipinski definition) is 5. The molecular formula is C12H14N2O2S. The van der Waals surface area contributed by atoms with Gasteiger partial charge >= 0.3 is 5.97 Å². The molecule has 2 N–H and O–H groups in total. The number of nitriles is 1. The lowest BCUT2D eigenvalue weighted by atomic mass is 10.1. The van der Waals surface area contributed by atoms with Crippen LogP contribution in [0.5, 0.6) is 0 Å². The van der Waals surface area contributed by atoms with Crippen LogP contribution >= 0.6 is 11.8 Å². The van der Waals surface area contributed by atoms with E-state index in [1.807, 2.05) is 12.1 Å². The Balaban J connectivity index is 2.63. The molecule has 0 saturated carbocycles. The third kappa shape index (κ3) is 4.37. The Morgan fingerprint density at radius 1 is 1.59 bits per heavy atom. The number of nitrogens with zero attached hydrogens (tertiary/aromatic N) is 1. The highest BCUT2D eigenvalue weighted by Crippen LogP contribution is 2.23. The molecule has 17 heavy (non-hydrogen) atoms. The zero-order valence-electron chi connectivity index (χ0n) is 9.60. The Kier molecular flexibility index (Phi) is 5.37. The summed E-state index contributed by atoms with van der Waals surface area (Å²) in [6.07, 6.45) is 0.277. The lowest BCUT2D eigenvalue weighted by Crippen LogP contribution is -2.06. The minimum absolute atomic E-state index is 0.240. The van der Waals surface area contributed by atoms with E-state index in [2.05, 4.69) is 6.07 Å². The molecule has 0 aliphatic heterocycles. The number of esters is 1. The summed E-state index contributed by atoms with van der Waals surface area (Å²) in [6, 6.07) is 7.48. The van der Waals surface area contributed by atoms with Crippen LogP contribution in [0.3, 0.4) is 0 Å². The largest absolute Gasteiger partial charge is 0.465 e. The predicted molar refractivity (Wildman–Crippen MR) is 67.5 cm³/mol. The quantitative estimate of drug-likeness (QED) is 0.491. The Morgan fingerprint density at radius 2 is 2.35 bits per heavy atom. The minimum Gasteiger partial charge on any atom is -0.465 e. The molecular weight excluding hydrogens is 236 g/mol. The molecule has 0 unspecified atom stereocenters. The normalized spacial score (nSPS) is 9.65. The molecule has 0 atom stereocenters. The standard InChI is InChI=1S/C12H14N2O2S/c1-2-16-12(15)8-17-10-3-4-11(14)9(7-10)5-6-13/h3-4,7H,2,5,8,14H2,1H3. The first-order valence-electron chi connectivity index (χ1n) is 5.21. The van der Waals surface area contributed by atoms with Crippen molar-refractivity contribution in [1.82, 2.24) is 0 Å². The van der Waals surface area contributed by atoms with Crippen molar-refractivity contribution in [2.75, 3.05) is 18.1 Å². The minimum atomic E-state index is -0.240. The third-order valence-corrected chi connectivity index (χ3v) is 3.01. The monoisotopic (exact) mass is 250 g/mol. The molecule has 0 fully saturated rings. The van der Waals surface area contributed by atoms with Gasteiger partial charge in [0.25, 0.3) is 0 Å². The first-order valence-corrected chi connectivity index (χ1v) is 6.19. The molecule has 0 saturated heterocycles. The maximum atomic E-state index is 11.2. The number of ether oxygens (including phenoxy) is 1. The molecule has 0 spiro atoms. The number of anilines is 1. The van der Waals surface area contributed by atoms with Crippen LogP contribution in [0.4, 0.5) is 5.69 Å². The summed E-state index contributed by atoms with van der Waals surface area (Å²) in [6.45, 7) is 2.16. The number of carbonyl (C=O) groups excluding carboxylic acids is 1. The number of hydrogen-bond donors (Lipinski definition) is 1. The molecule has 0 bridgehead atoms. The predicted octanol–water partition coefficient (Wildman–Crippen LogP) is 1.99. The Labute approximate surface area is 105 Å². The van der Waals surface area contributed by atoms with Crippen molar-refractivity contribution >= 4 is 23.4 Å². The van der Waals surface area contributed by atoms with Crippen LogP contribution in [0, 0.1) is 11.3 Å². The van der Waals surface area contributed by atoms with Gasteiger partial charge in [-0.05, 0) is 30.7 Å². The van der Waals surface area contributed by atoms with Gasteiger partial charge in [-0.2, -0.15) is 5.26 Å². The van der Waals surface area contributed by atoms with E-state index < -0.39 is 0 Å². The molecule has 1 rings (SSSR count).